The average molecular weight is 416 g/mol. The molecule has 28 heavy (non-hydrogen) atoms. The van der Waals surface area contributed by atoms with E-state index in [1.165, 1.54) is 31.3 Å². The van der Waals surface area contributed by atoms with Gasteiger partial charge < -0.3 is 9.52 Å². The molecule has 0 aliphatic carbocycles. The number of nitrogens with zero attached hydrogens (tertiary/aromatic N) is 1. The summed E-state index contributed by atoms with van der Waals surface area (Å²) >= 11 is 0. The number of sulfonamides is 1. The van der Waals surface area contributed by atoms with E-state index in [-0.39, 0.29) is 16.0 Å². The molecule has 1 atom stereocenters. The zero-order valence-electron chi connectivity index (χ0n) is 14.4. The minimum absolute atomic E-state index is 0.127. The normalized spacial score (nSPS) is 14.9. The van der Waals surface area contributed by atoms with Crippen LogP contribution in [0.5, 0.6) is 0 Å². The van der Waals surface area contributed by atoms with Crippen molar-refractivity contribution in [3.8, 4) is 0 Å². The van der Waals surface area contributed by atoms with Crippen LogP contribution in [0, 0.1) is 0 Å². The summed E-state index contributed by atoms with van der Waals surface area (Å²) in [6.07, 6.45) is -5.13. The average Bonchev–Trinajstić information content (AvgIpc) is 2.93. The van der Waals surface area contributed by atoms with Crippen LogP contribution >= 0.6 is 0 Å². The van der Waals surface area contributed by atoms with Crippen LogP contribution in [0.1, 0.15) is 5.56 Å². The standard InChI is InChI=1S/C17H15F3N2O5S/c1-22-13-9-12(7-8-14(13)27-15(22)23)28(25,26)21-10-16(24,17(18,19)20)11-5-3-2-4-6-11/h2-9,21,24H,10H2,1H3. The molecule has 0 amide bonds. The van der Waals surface area contributed by atoms with Gasteiger partial charge in [-0.15, -0.1) is 0 Å². The molecule has 0 aliphatic heterocycles. The topological polar surface area (TPSA) is 102 Å². The van der Waals surface area contributed by atoms with Crippen LogP contribution in [0.2, 0.25) is 0 Å². The van der Waals surface area contributed by atoms with Gasteiger partial charge in [0.25, 0.3) is 0 Å². The van der Waals surface area contributed by atoms with Gasteiger partial charge in [0.1, 0.15) is 0 Å². The first kappa shape index (κ1) is 20.1. The Morgan fingerprint density at radius 3 is 2.39 bits per heavy atom. The number of aryl methyl sites for hydroxylation is 1. The molecule has 0 saturated carbocycles. The number of hydrogen-bond donors (Lipinski definition) is 2. The summed E-state index contributed by atoms with van der Waals surface area (Å²) in [5.74, 6) is -0.715. The van der Waals surface area contributed by atoms with Crippen LogP contribution in [0.25, 0.3) is 11.1 Å². The Morgan fingerprint density at radius 2 is 1.79 bits per heavy atom. The maximum Gasteiger partial charge on any atom is 0.422 e. The van der Waals surface area contributed by atoms with Gasteiger partial charge in [0.2, 0.25) is 10.0 Å². The first-order valence-corrected chi connectivity index (χ1v) is 9.38. The van der Waals surface area contributed by atoms with Crippen molar-refractivity contribution >= 4 is 21.1 Å². The zero-order valence-corrected chi connectivity index (χ0v) is 15.2. The predicted octanol–water partition coefficient (Wildman–Crippen LogP) is 1.86. The number of alkyl halides is 3. The predicted molar refractivity (Wildman–Crippen MR) is 93.0 cm³/mol. The number of aromatic nitrogens is 1. The van der Waals surface area contributed by atoms with Crippen molar-refractivity contribution < 1.29 is 31.1 Å². The lowest BCUT2D eigenvalue weighted by Crippen LogP contribution is -2.51. The van der Waals surface area contributed by atoms with E-state index in [1.54, 1.807) is 4.72 Å². The Kier molecular flexibility index (Phi) is 4.86. The van der Waals surface area contributed by atoms with E-state index >= 15 is 0 Å². The van der Waals surface area contributed by atoms with Gasteiger partial charge in [-0.25, -0.2) is 17.9 Å². The molecule has 150 valence electrons. The summed E-state index contributed by atoms with van der Waals surface area (Å²) in [5, 5.41) is 10.2. The molecule has 0 bridgehead atoms. The second kappa shape index (κ2) is 6.76. The Morgan fingerprint density at radius 1 is 1.14 bits per heavy atom. The second-order valence-electron chi connectivity index (χ2n) is 6.11. The third-order valence-corrected chi connectivity index (χ3v) is 5.71. The molecule has 0 radical (unpaired) electrons. The molecule has 1 unspecified atom stereocenters. The zero-order chi connectivity index (χ0) is 20.7. The van der Waals surface area contributed by atoms with Gasteiger partial charge in [-0.05, 0) is 23.8 Å². The third-order valence-electron chi connectivity index (χ3n) is 4.31. The fourth-order valence-corrected chi connectivity index (χ4v) is 3.72. The smallest absolute Gasteiger partial charge is 0.408 e. The van der Waals surface area contributed by atoms with Crippen LogP contribution in [0.4, 0.5) is 13.2 Å². The number of nitrogens with one attached hydrogen (secondary N) is 1. The largest absolute Gasteiger partial charge is 0.422 e. The number of oxazole rings is 1. The number of fused-ring (bicyclic) bond motifs is 1. The summed E-state index contributed by atoms with van der Waals surface area (Å²) in [6, 6.07) is 9.57. The van der Waals surface area contributed by atoms with Gasteiger partial charge in [-0.3, -0.25) is 4.57 Å². The van der Waals surface area contributed by atoms with Crippen LogP contribution in [-0.4, -0.2) is 30.8 Å². The van der Waals surface area contributed by atoms with Crippen molar-refractivity contribution in [1.29, 1.82) is 0 Å². The molecule has 0 spiro atoms. The molecule has 0 fully saturated rings. The maximum atomic E-state index is 13.5. The van der Waals surface area contributed by atoms with Gasteiger partial charge in [-0.1, -0.05) is 30.3 Å². The highest BCUT2D eigenvalue weighted by Gasteiger charge is 2.55. The molecule has 7 nitrogen and oxygen atoms in total. The van der Waals surface area contributed by atoms with E-state index < -0.39 is 39.7 Å². The molecule has 1 aromatic heterocycles. The molecule has 0 aliphatic rings. The Labute approximate surface area is 157 Å². The van der Waals surface area contributed by atoms with E-state index in [9.17, 15) is 31.5 Å². The summed E-state index contributed by atoms with van der Waals surface area (Å²) in [7, 11) is -3.07. The molecule has 11 heteroatoms. The SMILES string of the molecule is Cn1c(=O)oc2ccc(S(=O)(=O)NCC(O)(c3ccccc3)C(F)(F)F)cc21. The molecule has 3 rings (SSSR count). The lowest BCUT2D eigenvalue weighted by Gasteiger charge is -2.31. The van der Waals surface area contributed by atoms with Crippen LogP contribution in [0.15, 0.2) is 62.6 Å². The van der Waals surface area contributed by atoms with Crippen molar-refractivity contribution in [1.82, 2.24) is 9.29 Å². The minimum Gasteiger partial charge on any atom is -0.408 e. The quantitative estimate of drug-likeness (QED) is 0.661. The highest BCUT2D eigenvalue weighted by atomic mass is 32.2. The molecular formula is C17H15F3N2O5S. The van der Waals surface area contributed by atoms with Crippen LogP contribution in [-0.2, 0) is 22.7 Å². The minimum atomic E-state index is -5.13. The fourth-order valence-electron chi connectivity index (χ4n) is 2.64. The fraction of sp³-hybridized carbons (Fsp3) is 0.235. The summed E-state index contributed by atoms with van der Waals surface area (Å²) in [4.78, 5) is 11.1. The molecule has 3 aromatic rings. The highest BCUT2D eigenvalue weighted by Crippen LogP contribution is 2.38. The van der Waals surface area contributed by atoms with Gasteiger partial charge in [0.05, 0.1) is 17.0 Å². The Bertz CT molecular complexity index is 1170. The van der Waals surface area contributed by atoms with Crippen LogP contribution < -0.4 is 10.5 Å². The molecule has 2 aromatic carbocycles. The lowest BCUT2D eigenvalue weighted by molar-refractivity contribution is -0.263. The summed E-state index contributed by atoms with van der Waals surface area (Å²) < 4.78 is 73.2. The number of benzene rings is 2. The number of halogens is 3. The third kappa shape index (κ3) is 3.43. The molecule has 1 heterocycles. The monoisotopic (exact) mass is 416 g/mol. The van der Waals surface area contributed by atoms with Crippen molar-refractivity contribution in [2.75, 3.05) is 6.54 Å². The van der Waals surface area contributed by atoms with E-state index in [0.717, 1.165) is 28.8 Å². The van der Waals surface area contributed by atoms with Crippen molar-refractivity contribution in [3.05, 3.63) is 64.6 Å². The lowest BCUT2D eigenvalue weighted by atomic mass is 9.93. The van der Waals surface area contributed by atoms with E-state index in [2.05, 4.69) is 0 Å². The van der Waals surface area contributed by atoms with E-state index in [4.69, 9.17) is 4.42 Å². The van der Waals surface area contributed by atoms with Crippen molar-refractivity contribution in [2.24, 2.45) is 7.05 Å². The van der Waals surface area contributed by atoms with Crippen molar-refractivity contribution in [3.63, 3.8) is 0 Å². The molecule has 2 N–H and O–H groups in total. The van der Waals surface area contributed by atoms with Gasteiger partial charge in [0, 0.05) is 7.05 Å². The highest BCUT2D eigenvalue weighted by molar-refractivity contribution is 7.89. The maximum absolute atomic E-state index is 13.5. The summed E-state index contributed by atoms with van der Waals surface area (Å²) in [6.45, 7) is -1.33. The van der Waals surface area contributed by atoms with E-state index in [1.807, 2.05) is 0 Å². The Balaban J connectivity index is 1.95. The van der Waals surface area contributed by atoms with E-state index in [0.29, 0.717) is 0 Å². The molecular weight excluding hydrogens is 401 g/mol. The first-order chi connectivity index (χ1) is 13.0. The second-order valence-corrected chi connectivity index (χ2v) is 7.87. The van der Waals surface area contributed by atoms with Gasteiger partial charge in [-0.2, -0.15) is 13.2 Å². The number of aliphatic hydroxyl groups is 1. The van der Waals surface area contributed by atoms with Gasteiger partial charge >= 0.3 is 11.9 Å². The van der Waals surface area contributed by atoms with Gasteiger partial charge in [0.15, 0.2) is 11.2 Å². The first-order valence-electron chi connectivity index (χ1n) is 7.89. The Hall–Kier alpha value is -2.63. The number of hydrogen-bond acceptors (Lipinski definition) is 5. The van der Waals surface area contributed by atoms with Crippen molar-refractivity contribution in [2.45, 2.75) is 16.7 Å². The number of rotatable bonds is 5. The molecule has 0 saturated heterocycles. The van der Waals surface area contributed by atoms with Crippen LogP contribution in [0.3, 0.4) is 0 Å². The summed E-state index contributed by atoms with van der Waals surface area (Å²) in [5.41, 5.74) is -3.64.